The Morgan fingerprint density at radius 1 is 1.38 bits per heavy atom. The zero-order valence-corrected chi connectivity index (χ0v) is 11.4. The van der Waals surface area contributed by atoms with Crippen LogP contribution in [-0.2, 0) is 9.53 Å². The number of nitrogens with one attached hydrogen (secondary N) is 2. The van der Waals surface area contributed by atoms with Crippen LogP contribution in [-0.4, -0.2) is 31.8 Å². The van der Waals surface area contributed by atoms with Gasteiger partial charge in [0, 0.05) is 0 Å². The van der Waals surface area contributed by atoms with E-state index in [1.807, 2.05) is 0 Å². The van der Waals surface area contributed by atoms with Gasteiger partial charge < -0.3 is 20.1 Å². The first-order chi connectivity index (χ1) is 10.1. The van der Waals surface area contributed by atoms with Crippen molar-refractivity contribution < 1.29 is 23.5 Å². The molecule has 2 N–H and O–H groups in total. The standard InChI is InChI=1S/C14H15FN2O4/c1-2-20-13(18)9-7-16-14(19)17-11(9)8-21-12-6-4-3-5-10(12)15/h3-6H,2,7-8H2,1H3,(H2,16,17,19). The van der Waals surface area contributed by atoms with E-state index in [1.54, 1.807) is 13.0 Å². The largest absolute Gasteiger partial charge is 0.484 e. The number of rotatable bonds is 5. The van der Waals surface area contributed by atoms with Crippen LogP contribution in [0.1, 0.15) is 6.92 Å². The SMILES string of the molecule is CCOC(=O)C1=C(COc2ccccc2F)NC(=O)NC1. The summed E-state index contributed by atoms with van der Waals surface area (Å²) in [5.41, 5.74) is 0.522. The molecule has 0 aromatic heterocycles. The Hall–Kier alpha value is -2.57. The van der Waals surface area contributed by atoms with Crippen LogP contribution in [0.15, 0.2) is 35.5 Å². The van der Waals surface area contributed by atoms with Gasteiger partial charge in [0.15, 0.2) is 11.6 Å². The van der Waals surface area contributed by atoms with Crippen molar-refractivity contribution in [2.75, 3.05) is 19.8 Å². The van der Waals surface area contributed by atoms with E-state index in [9.17, 15) is 14.0 Å². The molecule has 0 bridgehead atoms. The molecule has 2 rings (SSSR count). The van der Waals surface area contributed by atoms with Crippen LogP contribution in [0.4, 0.5) is 9.18 Å². The molecule has 0 saturated carbocycles. The van der Waals surface area contributed by atoms with Crippen LogP contribution in [0.2, 0.25) is 0 Å². The number of carbonyl (C=O) groups excluding carboxylic acids is 2. The summed E-state index contributed by atoms with van der Waals surface area (Å²) in [6.07, 6.45) is 0. The Morgan fingerprint density at radius 2 is 2.14 bits per heavy atom. The number of ether oxygens (including phenoxy) is 2. The zero-order chi connectivity index (χ0) is 15.2. The number of halogens is 1. The maximum atomic E-state index is 13.5. The topological polar surface area (TPSA) is 76.7 Å². The lowest BCUT2D eigenvalue weighted by Gasteiger charge is -2.21. The lowest BCUT2D eigenvalue weighted by molar-refractivity contribution is -0.138. The van der Waals surface area contributed by atoms with Gasteiger partial charge in [-0.2, -0.15) is 0 Å². The summed E-state index contributed by atoms with van der Waals surface area (Å²) in [5.74, 6) is -1.02. The second-order valence-electron chi connectivity index (χ2n) is 4.20. The molecule has 112 valence electrons. The average Bonchev–Trinajstić information content (AvgIpc) is 2.46. The molecule has 1 aliphatic heterocycles. The van der Waals surface area contributed by atoms with Crippen molar-refractivity contribution in [1.82, 2.24) is 10.6 Å². The molecular formula is C14H15FN2O4. The van der Waals surface area contributed by atoms with Crippen molar-refractivity contribution in [2.45, 2.75) is 6.92 Å². The second-order valence-corrected chi connectivity index (χ2v) is 4.20. The maximum absolute atomic E-state index is 13.5. The highest BCUT2D eigenvalue weighted by atomic mass is 19.1. The lowest BCUT2D eigenvalue weighted by Crippen LogP contribution is -2.45. The predicted molar refractivity (Wildman–Crippen MR) is 72.1 cm³/mol. The molecule has 0 unspecified atom stereocenters. The maximum Gasteiger partial charge on any atom is 0.337 e. The third-order valence-corrected chi connectivity index (χ3v) is 2.78. The highest BCUT2D eigenvalue weighted by Gasteiger charge is 2.24. The number of esters is 1. The van der Waals surface area contributed by atoms with Crippen molar-refractivity contribution in [2.24, 2.45) is 0 Å². The molecule has 1 heterocycles. The fourth-order valence-electron chi connectivity index (χ4n) is 1.78. The molecule has 0 atom stereocenters. The van der Waals surface area contributed by atoms with Gasteiger partial charge in [-0.1, -0.05) is 12.1 Å². The van der Waals surface area contributed by atoms with Crippen LogP contribution in [0.3, 0.4) is 0 Å². The van der Waals surface area contributed by atoms with Crippen LogP contribution in [0.25, 0.3) is 0 Å². The number of hydrogen-bond acceptors (Lipinski definition) is 4. The molecule has 0 fully saturated rings. The molecule has 7 heteroatoms. The summed E-state index contributed by atoms with van der Waals surface area (Å²) >= 11 is 0. The minimum absolute atomic E-state index is 0.0423. The third kappa shape index (κ3) is 3.71. The molecular weight excluding hydrogens is 279 g/mol. The van der Waals surface area contributed by atoms with Crippen molar-refractivity contribution >= 4 is 12.0 Å². The van der Waals surface area contributed by atoms with Crippen LogP contribution < -0.4 is 15.4 Å². The van der Waals surface area contributed by atoms with Gasteiger partial charge >= 0.3 is 12.0 Å². The Balaban J connectivity index is 2.14. The summed E-state index contributed by atoms with van der Waals surface area (Å²) in [7, 11) is 0. The number of urea groups is 1. The zero-order valence-electron chi connectivity index (χ0n) is 11.4. The highest BCUT2D eigenvalue weighted by molar-refractivity contribution is 5.93. The first-order valence-corrected chi connectivity index (χ1v) is 6.43. The number of hydrogen-bond donors (Lipinski definition) is 2. The van der Waals surface area contributed by atoms with Crippen molar-refractivity contribution in [1.29, 1.82) is 0 Å². The Kier molecular flexibility index (Phi) is 4.76. The Labute approximate surface area is 120 Å². The average molecular weight is 294 g/mol. The van der Waals surface area contributed by atoms with E-state index in [0.29, 0.717) is 0 Å². The van der Waals surface area contributed by atoms with Gasteiger partial charge in [0.25, 0.3) is 0 Å². The third-order valence-electron chi connectivity index (χ3n) is 2.78. The van der Waals surface area contributed by atoms with Gasteiger partial charge in [-0.15, -0.1) is 0 Å². The second kappa shape index (κ2) is 6.74. The molecule has 0 aliphatic carbocycles. The summed E-state index contributed by atoms with van der Waals surface area (Å²) < 4.78 is 23.7. The van der Waals surface area contributed by atoms with Crippen molar-refractivity contribution in [3.63, 3.8) is 0 Å². The van der Waals surface area contributed by atoms with Gasteiger partial charge in [0.05, 0.1) is 24.4 Å². The summed E-state index contributed by atoms with van der Waals surface area (Å²) in [6.45, 7) is 1.81. The van der Waals surface area contributed by atoms with Gasteiger partial charge in [-0.3, -0.25) is 0 Å². The normalized spacial score (nSPS) is 14.3. The van der Waals surface area contributed by atoms with E-state index in [2.05, 4.69) is 10.6 Å². The van der Waals surface area contributed by atoms with E-state index < -0.39 is 17.8 Å². The Morgan fingerprint density at radius 3 is 2.86 bits per heavy atom. The number of amides is 2. The minimum atomic E-state index is -0.544. The molecule has 1 aromatic carbocycles. The summed E-state index contributed by atoms with van der Waals surface area (Å²) in [4.78, 5) is 23.1. The van der Waals surface area contributed by atoms with E-state index in [0.717, 1.165) is 0 Å². The molecule has 1 aromatic rings. The summed E-state index contributed by atoms with van der Waals surface area (Å²) in [5, 5.41) is 4.95. The lowest BCUT2D eigenvalue weighted by atomic mass is 10.1. The van der Waals surface area contributed by atoms with Crippen LogP contribution in [0.5, 0.6) is 5.75 Å². The van der Waals surface area contributed by atoms with E-state index in [1.165, 1.54) is 18.2 Å². The molecule has 1 aliphatic rings. The quantitative estimate of drug-likeness (QED) is 0.803. The smallest absolute Gasteiger partial charge is 0.337 e. The minimum Gasteiger partial charge on any atom is -0.484 e. The molecule has 0 radical (unpaired) electrons. The van der Waals surface area contributed by atoms with Crippen LogP contribution >= 0.6 is 0 Å². The van der Waals surface area contributed by atoms with E-state index >= 15 is 0 Å². The monoisotopic (exact) mass is 294 g/mol. The highest BCUT2D eigenvalue weighted by Crippen LogP contribution is 2.17. The van der Waals surface area contributed by atoms with Gasteiger partial charge in [0.1, 0.15) is 6.61 Å². The number of carbonyl (C=O) groups is 2. The summed E-state index contributed by atoms with van der Waals surface area (Å²) in [6, 6.07) is 5.44. The predicted octanol–water partition coefficient (Wildman–Crippen LogP) is 1.33. The number of para-hydroxylation sites is 1. The Bertz CT molecular complexity index is 586. The fraction of sp³-hybridized carbons (Fsp3) is 0.286. The number of benzene rings is 1. The fourth-order valence-corrected chi connectivity index (χ4v) is 1.78. The van der Waals surface area contributed by atoms with Gasteiger partial charge in [-0.05, 0) is 19.1 Å². The van der Waals surface area contributed by atoms with Crippen LogP contribution in [0, 0.1) is 5.82 Å². The van der Waals surface area contributed by atoms with E-state index in [-0.39, 0.29) is 36.8 Å². The molecule has 2 amide bonds. The molecule has 21 heavy (non-hydrogen) atoms. The van der Waals surface area contributed by atoms with E-state index in [4.69, 9.17) is 9.47 Å². The van der Waals surface area contributed by atoms with Crippen molar-refractivity contribution in [3.05, 3.63) is 41.4 Å². The van der Waals surface area contributed by atoms with Crippen molar-refractivity contribution in [3.8, 4) is 5.75 Å². The first kappa shape index (κ1) is 14.8. The first-order valence-electron chi connectivity index (χ1n) is 6.43. The molecule has 0 saturated heterocycles. The molecule has 0 spiro atoms. The molecule has 6 nitrogen and oxygen atoms in total. The van der Waals surface area contributed by atoms with Gasteiger partial charge in [-0.25, -0.2) is 14.0 Å². The van der Waals surface area contributed by atoms with Gasteiger partial charge in [0.2, 0.25) is 0 Å².